The van der Waals surface area contributed by atoms with Gasteiger partial charge in [-0.2, -0.15) is 4.98 Å². The van der Waals surface area contributed by atoms with Gasteiger partial charge in [-0.15, -0.1) is 13.2 Å². The van der Waals surface area contributed by atoms with Gasteiger partial charge in [-0.25, -0.2) is 9.78 Å². The average molecular weight is 457 g/mol. The minimum Gasteiger partial charge on any atom is -0.458 e. The highest BCUT2D eigenvalue weighted by molar-refractivity contribution is 5.73. The Morgan fingerprint density at radius 2 is 1.70 bits per heavy atom. The number of hydrogen-bond donors (Lipinski definition) is 0. The molecule has 0 saturated heterocycles. The lowest BCUT2D eigenvalue weighted by atomic mass is 10.2. The van der Waals surface area contributed by atoms with Gasteiger partial charge in [-0.05, 0) is 35.4 Å². The van der Waals surface area contributed by atoms with Crippen molar-refractivity contribution >= 4 is 17.1 Å². The zero-order chi connectivity index (χ0) is 23.3. The van der Waals surface area contributed by atoms with Crippen LogP contribution in [0.25, 0.3) is 11.2 Å². The lowest BCUT2D eigenvalue weighted by Crippen LogP contribution is -2.17. The fraction of sp³-hybridized carbons (Fsp3) is 0.174. The monoisotopic (exact) mass is 457 g/mol. The SMILES string of the molecule is O=C(COc1nc2cccnc2n1Cc1ccc(OC(F)(F)F)cc1)OCc1ccccc1. The molecule has 0 aliphatic rings. The fourth-order valence-corrected chi connectivity index (χ4v) is 3.07. The molecule has 4 aromatic rings. The van der Waals surface area contributed by atoms with Crippen molar-refractivity contribution in [1.82, 2.24) is 14.5 Å². The van der Waals surface area contributed by atoms with Gasteiger partial charge in [0.15, 0.2) is 12.3 Å². The zero-order valence-electron chi connectivity index (χ0n) is 17.2. The molecule has 7 nitrogen and oxygen atoms in total. The summed E-state index contributed by atoms with van der Waals surface area (Å²) in [5.74, 6) is -0.892. The first-order chi connectivity index (χ1) is 15.9. The maximum atomic E-state index is 12.4. The number of alkyl halides is 3. The topological polar surface area (TPSA) is 75.5 Å². The third kappa shape index (κ3) is 6.00. The lowest BCUT2D eigenvalue weighted by Gasteiger charge is -2.11. The lowest BCUT2D eigenvalue weighted by molar-refractivity contribution is -0.274. The molecule has 2 aromatic heterocycles. The Kier molecular flexibility index (Phi) is 6.43. The molecule has 0 fully saturated rings. The van der Waals surface area contributed by atoms with Crippen LogP contribution in [0.5, 0.6) is 11.8 Å². The van der Waals surface area contributed by atoms with Gasteiger partial charge in [-0.1, -0.05) is 42.5 Å². The van der Waals surface area contributed by atoms with Crippen molar-refractivity contribution in [2.45, 2.75) is 19.5 Å². The highest BCUT2D eigenvalue weighted by atomic mass is 19.4. The molecule has 0 aliphatic heterocycles. The first-order valence-corrected chi connectivity index (χ1v) is 9.86. The molecule has 2 aromatic carbocycles. The Morgan fingerprint density at radius 3 is 2.42 bits per heavy atom. The predicted octanol–water partition coefficient (Wildman–Crippen LogP) is 4.50. The number of fused-ring (bicyclic) bond motifs is 1. The van der Waals surface area contributed by atoms with E-state index in [0.717, 1.165) is 5.56 Å². The van der Waals surface area contributed by atoms with Gasteiger partial charge >= 0.3 is 12.3 Å². The number of benzene rings is 2. The van der Waals surface area contributed by atoms with Crippen molar-refractivity contribution in [1.29, 1.82) is 0 Å². The molecule has 33 heavy (non-hydrogen) atoms. The van der Waals surface area contributed by atoms with E-state index in [4.69, 9.17) is 9.47 Å². The Labute approximate surface area is 186 Å². The van der Waals surface area contributed by atoms with E-state index in [1.165, 1.54) is 24.3 Å². The van der Waals surface area contributed by atoms with Crippen LogP contribution in [0.2, 0.25) is 0 Å². The summed E-state index contributed by atoms with van der Waals surface area (Å²) in [5.41, 5.74) is 2.55. The third-order valence-electron chi connectivity index (χ3n) is 4.53. The minimum absolute atomic E-state index is 0.118. The van der Waals surface area contributed by atoms with Crippen LogP contribution in [0.4, 0.5) is 13.2 Å². The Balaban J connectivity index is 1.46. The number of carbonyl (C=O) groups is 1. The molecule has 0 saturated carbocycles. The fourth-order valence-electron chi connectivity index (χ4n) is 3.07. The molecule has 0 radical (unpaired) electrons. The summed E-state index contributed by atoms with van der Waals surface area (Å²) < 4.78 is 53.5. The number of halogens is 3. The van der Waals surface area contributed by atoms with Crippen LogP contribution in [-0.2, 0) is 22.7 Å². The van der Waals surface area contributed by atoms with E-state index >= 15 is 0 Å². The highest BCUT2D eigenvalue weighted by Gasteiger charge is 2.31. The quantitative estimate of drug-likeness (QED) is 0.363. The summed E-state index contributed by atoms with van der Waals surface area (Å²) in [7, 11) is 0. The first kappa shape index (κ1) is 22.1. The van der Waals surface area contributed by atoms with Crippen molar-refractivity contribution in [2.75, 3.05) is 6.61 Å². The van der Waals surface area contributed by atoms with Gasteiger partial charge in [0.1, 0.15) is 17.9 Å². The van der Waals surface area contributed by atoms with E-state index in [-0.39, 0.29) is 31.5 Å². The number of carbonyl (C=O) groups excluding carboxylic acids is 1. The second kappa shape index (κ2) is 9.60. The van der Waals surface area contributed by atoms with E-state index in [0.29, 0.717) is 16.7 Å². The van der Waals surface area contributed by atoms with Crippen LogP contribution >= 0.6 is 0 Å². The zero-order valence-corrected chi connectivity index (χ0v) is 17.2. The van der Waals surface area contributed by atoms with E-state index in [1.807, 2.05) is 30.3 Å². The normalized spacial score (nSPS) is 11.4. The van der Waals surface area contributed by atoms with Crippen molar-refractivity contribution in [2.24, 2.45) is 0 Å². The molecule has 0 N–H and O–H groups in total. The minimum atomic E-state index is -4.76. The average Bonchev–Trinajstić information content (AvgIpc) is 3.14. The van der Waals surface area contributed by atoms with Crippen molar-refractivity contribution in [3.05, 3.63) is 84.1 Å². The number of nitrogens with zero attached hydrogens (tertiary/aromatic N) is 3. The molecular weight excluding hydrogens is 439 g/mol. The van der Waals surface area contributed by atoms with Crippen LogP contribution in [0.15, 0.2) is 72.9 Å². The molecule has 0 spiro atoms. The van der Waals surface area contributed by atoms with Crippen molar-refractivity contribution in [3.8, 4) is 11.8 Å². The van der Waals surface area contributed by atoms with Crippen LogP contribution in [0.3, 0.4) is 0 Å². The molecule has 0 aliphatic carbocycles. The number of rotatable bonds is 8. The number of aromatic nitrogens is 3. The van der Waals surface area contributed by atoms with Gasteiger partial charge in [0.05, 0.1) is 6.54 Å². The molecule has 2 heterocycles. The standard InChI is InChI=1S/C23H18F3N3O4/c24-23(25,26)33-18-10-8-16(9-11-18)13-29-21-19(7-4-12-27-21)28-22(29)32-15-20(30)31-14-17-5-2-1-3-6-17/h1-12H,13-15H2. The Bertz CT molecular complexity index is 1230. The second-order valence-corrected chi connectivity index (χ2v) is 6.95. The van der Waals surface area contributed by atoms with Crippen LogP contribution in [0.1, 0.15) is 11.1 Å². The molecule has 0 unspecified atom stereocenters. The number of pyridine rings is 1. The maximum Gasteiger partial charge on any atom is 0.573 e. The van der Waals surface area contributed by atoms with Crippen LogP contribution in [0, 0.1) is 0 Å². The summed E-state index contributed by atoms with van der Waals surface area (Å²) in [4.78, 5) is 20.8. The van der Waals surface area contributed by atoms with Gasteiger partial charge in [0.25, 0.3) is 6.01 Å². The van der Waals surface area contributed by atoms with Crippen molar-refractivity contribution < 1.29 is 32.2 Å². The molecule has 0 atom stereocenters. The predicted molar refractivity (Wildman–Crippen MR) is 111 cm³/mol. The third-order valence-corrected chi connectivity index (χ3v) is 4.53. The highest BCUT2D eigenvalue weighted by Crippen LogP contribution is 2.25. The molecule has 170 valence electrons. The van der Waals surface area contributed by atoms with Gasteiger partial charge in [-0.3, -0.25) is 4.57 Å². The number of hydrogen-bond acceptors (Lipinski definition) is 6. The van der Waals surface area contributed by atoms with Crippen LogP contribution in [-0.4, -0.2) is 33.5 Å². The summed E-state index contributed by atoms with van der Waals surface area (Å²) >= 11 is 0. The summed E-state index contributed by atoms with van der Waals surface area (Å²) in [5, 5.41) is 0. The Hall–Kier alpha value is -4.08. The summed E-state index contributed by atoms with van der Waals surface area (Å²) in [6.07, 6.45) is -3.18. The summed E-state index contributed by atoms with van der Waals surface area (Å²) in [6.45, 7) is -0.0456. The van der Waals surface area contributed by atoms with Crippen molar-refractivity contribution in [3.63, 3.8) is 0 Å². The second-order valence-electron chi connectivity index (χ2n) is 6.95. The molecule has 0 amide bonds. The molecular formula is C23H18F3N3O4. The number of imidazole rings is 1. The van der Waals surface area contributed by atoms with Gasteiger partial charge < -0.3 is 14.2 Å². The maximum absolute atomic E-state index is 12.4. The van der Waals surface area contributed by atoms with Crippen LogP contribution < -0.4 is 9.47 Å². The Morgan fingerprint density at radius 1 is 0.939 bits per heavy atom. The smallest absolute Gasteiger partial charge is 0.458 e. The van der Waals surface area contributed by atoms with E-state index < -0.39 is 12.3 Å². The molecule has 4 rings (SSSR count). The van der Waals surface area contributed by atoms with E-state index in [1.54, 1.807) is 22.9 Å². The largest absolute Gasteiger partial charge is 0.573 e. The number of esters is 1. The first-order valence-electron chi connectivity index (χ1n) is 9.86. The molecule has 10 heteroatoms. The van der Waals surface area contributed by atoms with Gasteiger partial charge in [0.2, 0.25) is 0 Å². The summed E-state index contributed by atoms with van der Waals surface area (Å²) in [6, 6.07) is 18.2. The van der Waals surface area contributed by atoms with E-state index in [9.17, 15) is 18.0 Å². The number of ether oxygens (including phenoxy) is 3. The molecule has 0 bridgehead atoms. The van der Waals surface area contributed by atoms with Gasteiger partial charge in [0, 0.05) is 6.20 Å². The van der Waals surface area contributed by atoms with E-state index in [2.05, 4.69) is 14.7 Å².